The normalized spacial score (nSPS) is 16.5. The van der Waals surface area contributed by atoms with Crippen molar-refractivity contribution < 1.29 is 8.83 Å². The van der Waals surface area contributed by atoms with Gasteiger partial charge in [0.1, 0.15) is 40.5 Å². The van der Waals surface area contributed by atoms with Gasteiger partial charge in [0.15, 0.2) is 0 Å². The summed E-state index contributed by atoms with van der Waals surface area (Å²) in [6.45, 7) is 0. The molecule has 5 heteroatoms. The van der Waals surface area contributed by atoms with E-state index in [2.05, 4.69) is 144 Å². The van der Waals surface area contributed by atoms with Gasteiger partial charge in [-0.25, -0.2) is 4.99 Å². The van der Waals surface area contributed by atoms with Crippen LogP contribution in [0.4, 0.5) is 0 Å². The van der Waals surface area contributed by atoms with Crippen molar-refractivity contribution in [3.8, 4) is 11.1 Å². The van der Waals surface area contributed by atoms with Crippen LogP contribution in [0.3, 0.4) is 0 Å². The van der Waals surface area contributed by atoms with E-state index < -0.39 is 0 Å². The van der Waals surface area contributed by atoms with Gasteiger partial charge in [-0.2, -0.15) is 0 Å². The van der Waals surface area contributed by atoms with Gasteiger partial charge < -0.3 is 14.2 Å². The van der Waals surface area contributed by atoms with Gasteiger partial charge in [-0.15, -0.1) is 0 Å². The van der Waals surface area contributed by atoms with E-state index in [1.54, 1.807) is 0 Å². The zero-order chi connectivity index (χ0) is 31.6. The second-order valence-corrected chi connectivity index (χ2v) is 12.4. The molecule has 2 N–H and O–H groups in total. The standard InChI is InChI=1S/C43H29N3O2/c1-2-11-27(12-3-1)41-44-42(30-21-20-26-10-4-5-13-28(26)24-30)46-43(45-41)33-16-9-19-38-40(33)39-31(15-8-18-37(39)48-38)29-22-23-36-34(25-29)32-14-6-7-17-35(32)47-36/h1-25,41,43,45H,(H,44,46). The molecule has 0 amide bonds. The minimum Gasteiger partial charge on any atom is -0.456 e. The molecule has 2 atom stereocenters. The van der Waals surface area contributed by atoms with Crippen LogP contribution in [-0.4, -0.2) is 5.84 Å². The first-order chi connectivity index (χ1) is 23.8. The Hall–Kier alpha value is -6.17. The fourth-order valence-corrected chi connectivity index (χ4v) is 7.28. The van der Waals surface area contributed by atoms with Gasteiger partial charge in [0, 0.05) is 32.7 Å². The summed E-state index contributed by atoms with van der Waals surface area (Å²) in [7, 11) is 0. The third kappa shape index (κ3) is 4.33. The van der Waals surface area contributed by atoms with Crippen molar-refractivity contribution >= 4 is 60.5 Å². The summed E-state index contributed by atoms with van der Waals surface area (Å²) in [5.41, 5.74) is 8.96. The Bertz CT molecular complexity index is 2700. The molecular weight excluding hydrogens is 590 g/mol. The lowest BCUT2D eigenvalue weighted by Gasteiger charge is -2.32. The van der Waals surface area contributed by atoms with Crippen LogP contribution in [0.5, 0.6) is 0 Å². The second-order valence-electron chi connectivity index (χ2n) is 12.4. The van der Waals surface area contributed by atoms with Crippen LogP contribution in [0.15, 0.2) is 165 Å². The number of nitrogens with zero attached hydrogens (tertiary/aromatic N) is 1. The fourth-order valence-electron chi connectivity index (χ4n) is 7.28. The first-order valence-electron chi connectivity index (χ1n) is 16.3. The Balaban J connectivity index is 1.15. The number of benzene rings is 7. The highest BCUT2D eigenvalue weighted by Gasteiger charge is 2.28. The molecule has 2 unspecified atom stereocenters. The van der Waals surface area contributed by atoms with Crippen molar-refractivity contribution in [1.82, 2.24) is 10.6 Å². The number of rotatable bonds is 4. The molecule has 0 bridgehead atoms. The summed E-state index contributed by atoms with van der Waals surface area (Å²) in [6, 6.07) is 52.7. The maximum Gasteiger partial charge on any atom is 0.136 e. The predicted molar refractivity (Wildman–Crippen MR) is 195 cm³/mol. The molecule has 228 valence electrons. The average molecular weight is 620 g/mol. The lowest BCUT2D eigenvalue weighted by molar-refractivity contribution is 0.411. The molecule has 0 radical (unpaired) electrons. The minimum absolute atomic E-state index is 0.243. The fraction of sp³-hybridized carbons (Fsp3) is 0.0465. The molecule has 9 aromatic rings. The Kier molecular flexibility index (Phi) is 6.01. The number of fused-ring (bicyclic) bond motifs is 7. The first kappa shape index (κ1) is 27.0. The van der Waals surface area contributed by atoms with Crippen LogP contribution in [0.25, 0.3) is 65.8 Å². The Morgan fingerprint density at radius 3 is 2.12 bits per heavy atom. The zero-order valence-electron chi connectivity index (χ0n) is 25.9. The van der Waals surface area contributed by atoms with Crippen molar-refractivity contribution in [2.45, 2.75) is 12.3 Å². The lowest BCUT2D eigenvalue weighted by atomic mass is 9.95. The third-order valence-corrected chi connectivity index (χ3v) is 9.56. The Morgan fingerprint density at radius 2 is 1.21 bits per heavy atom. The SMILES string of the molecule is c1ccc(C2N=C(c3ccc4ccccc4c3)NC(c3cccc4oc5cccc(-c6ccc7oc8ccccc8c7c6)c5c34)N2)cc1. The smallest absolute Gasteiger partial charge is 0.136 e. The minimum atomic E-state index is -0.247. The molecule has 2 aromatic heterocycles. The number of furan rings is 2. The molecule has 3 heterocycles. The summed E-state index contributed by atoms with van der Waals surface area (Å²) < 4.78 is 12.7. The van der Waals surface area contributed by atoms with Gasteiger partial charge in [-0.3, -0.25) is 5.32 Å². The van der Waals surface area contributed by atoms with Crippen LogP contribution < -0.4 is 10.6 Å². The molecule has 1 aliphatic heterocycles. The van der Waals surface area contributed by atoms with Crippen LogP contribution in [0.2, 0.25) is 0 Å². The number of nitrogens with one attached hydrogen (secondary N) is 2. The van der Waals surface area contributed by atoms with E-state index in [-0.39, 0.29) is 12.3 Å². The number of hydrogen-bond donors (Lipinski definition) is 2. The molecule has 10 rings (SSSR count). The maximum absolute atomic E-state index is 6.56. The van der Waals surface area contributed by atoms with E-state index in [0.717, 1.165) is 77.5 Å². The van der Waals surface area contributed by atoms with E-state index >= 15 is 0 Å². The van der Waals surface area contributed by atoms with Crippen molar-refractivity contribution in [2.24, 2.45) is 4.99 Å². The van der Waals surface area contributed by atoms with E-state index in [1.807, 2.05) is 18.2 Å². The highest BCUT2D eigenvalue weighted by atomic mass is 16.3. The molecular formula is C43H29N3O2. The molecule has 0 spiro atoms. The number of hydrogen-bond acceptors (Lipinski definition) is 5. The van der Waals surface area contributed by atoms with Crippen molar-refractivity contribution in [2.75, 3.05) is 0 Å². The topological polar surface area (TPSA) is 62.7 Å². The largest absolute Gasteiger partial charge is 0.456 e. The number of para-hydroxylation sites is 1. The summed E-state index contributed by atoms with van der Waals surface area (Å²) in [6.07, 6.45) is -0.490. The van der Waals surface area contributed by atoms with Gasteiger partial charge >= 0.3 is 0 Å². The van der Waals surface area contributed by atoms with Crippen molar-refractivity contribution in [1.29, 1.82) is 0 Å². The lowest BCUT2D eigenvalue weighted by Crippen LogP contribution is -2.45. The highest BCUT2D eigenvalue weighted by molar-refractivity contribution is 6.15. The van der Waals surface area contributed by atoms with Crippen LogP contribution in [0.1, 0.15) is 29.0 Å². The van der Waals surface area contributed by atoms with Crippen LogP contribution in [-0.2, 0) is 0 Å². The van der Waals surface area contributed by atoms with Gasteiger partial charge in [-0.05, 0) is 63.9 Å². The molecule has 1 aliphatic rings. The molecule has 0 saturated carbocycles. The molecule has 0 fully saturated rings. The first-order valence-corrected chi connectivity index (χ1v) is 16.3. The summed E-state index contributed by atoms with van der Waals surface area (Å²) in [5.74, 6) is 0.848. The van der Waals surface area contributed by atoms with Gasteiger partial charge in [-0.1, -0.05) is 115 Å². The van der Waals surface area contributed by atoms with Crippen molar-refractivity contribution in [3.05, 3.63) is 168 Å². The highest BCUT2D eigenvalue weighted by Crippen LogP contribution is 2.42. The average Bonchev–Trinajstić information content (AvgIpc) is 3.73. The molecule has 0 aliphatic carbocycles. The Labute approximate surface area is 276 Å². The van der Waals surface area contributed by atoms with Crippen LogP contribution >= 0.6 is 0 Å². The molecule has 5 nitrogen and oxygen atoms in total. The van der Waals surface area contributed by atoms with E-state index in [1.165, 1.54) is 10.8 Å². The summed E-state index contributed by atoms with van der Waals surface area (Å²) in [5, 5.41) is 14.4. The molecule has 7 aromatic carbocycles. The molecule has 0 saturated heterocycles. The molecule has 48 heavy (non-hydrogen) atoms. The van der Waals surface area contributed by atoms with E-state index in [9.17, 15) is 0 Å². The second kappa shape index (κ2) is 10.7. The van der Waals surface area contributed by atoms with E-state index in [0.29, 0.717) is 0 Å². The third-order valence-electron chi connectivity index (χ3n) is 9.56. The number of amidine groups is 1. The number of aliphatic imine (C=N–C) groups is 1. The van der Waals surface area contributed by atoms with Crippen LogP contribution in [0, 0.1) is 0 Å². The predicted octanol–water partition coefficient (Wildman–Crippen LogP) is 10.6. The zero-order valence-corrected chi connectivity index (χ0v) is 25.9. The summed E-state index contributed by atoms with van der Waals surface area (Å²) in [4.78, 5) is 5.21. The van der Waals surface area contributed by atoms with Gasteiger partial charge in [0.2, 0.25) is 0 Å². The quantitative estimate of drug-likeness (QED) is 0.206. The Morgan fingerprint density at radius 1 is 0.500 bits per heavy atom. The maximum atomic E-state index is 6.56. The monoisotopic (exact) mass is 619 g/mol. The summed E-state index contributed by atoms with van der Waals surface area (Å²) >= 11 is 0. The van der Waals surface area contributed by atoms with Crippen molar-refractivity contribution in [3.63, 3.8) is 0 Å². The van der Waals surface area contributed by atoms with E-state index in [4.69, 9.17) is 13.8 Å². The van der Waals surface area contributed by atoms with Gasteiger partial charge in [0.25, 0.3) is 0 Å². The van der Waals surface area contributed by atoms with Gasteiger partial charge in [0.05, 0.1) is 0 Å².